The van der Waals surface area contributed by atoms with Crippen LogP contribution in [0.1, 0.15) is 85.1 Å². The second-order valence-electron chi connectivity index (χ2n) is 12.9. The third-order valence-corrected chi connectivity index (χ3v) is 7.86. The summed E-state index contributed by atoms with van der Waals surface area (Å²) in [5.74, 6) is -0.810. The number of nitrogens with one attached hydrogen (secondary N) is 3. The number of carbonyl (C=O) groups is 4. The maximum atomic E-state index is 13.5. The van der Waals surface area contributed by atoms with Crippen molar-refractivity contribution < 1.29 is 29.0 Å². The van der Waals surface area contributed by atoms with E-state index in [-0.39, 0.29) is 18.1 Å². The predicted molar refractivity (Wildman–Crippen MR) is 157 cm³/mol. The van der Waals surface area contributed by atoms with E-state index in [1.165, 1.54) is 0 Å². The van der Waals surface area contributed by atoms with Gasteiger partial charge in [0.25, 0.3) is 0 Å². The smallest absolute Gasteiger partial charge is 0.249 e. The van der Waals surface area contributed by atoms with Crippen LogP contribution in [0.15, 0.2) is 30.3 Å². The Morgan fingerprint density at radius 1 is 0.854 bits per heavy atom. The van der Waals surface area contributed by atoms with Crippen LogP contribution in [0.5, 0.6) is 0 Å². The van der Waals surface area contributed by atoms with Crippen LogP contribution in [-0.2, 0) is 30.3 Å². The highest BCUT2D eigenvalue weighted by Crippen LogP contribution is 2.34. The molecule has 0 spiro atoms. The van der Waals surface area contributed by atoms with Crippen LogP contribution in [0.4, 0.5) is 0 Å². The van der Waals surface area contributed by atoms with E-state index in [1.807, 2.05) is 58.0 Å². The summed E-state index contributed by atoms with van der Waals surface area (Å²) >= 11 is 0. The number of benzene rings is 1. The van der Waals surface area contributed by atoms with Crippen LogP contribution < -0.4 is 16.0 Å². The van der Waals surface area contributed by atoms with Gasteiger partial charge in [0.05, 0.1) is 12.6 Å². The van der Waals surface area contributed by atoms with Crippen molar-refractivity contribution in [3.8, 4) is 0 Å². The van der Waals surface area contributed by atoms with Gasteiger partial charge in [0.1, 0.15) is 23.8 Å². The van der Waals surface area contributed by atoms with Gasteiger partial charge in [-0.2, -0.15) is 0 Å². The van der Waals surface area contributed by atoms with E-state index in [9.17, 15) is 24.3 Å². The van der Waals surface area contributed by atoms with E-state index >= 15 is 0 Å². The van der Waals surface area contributed by atoms with Gasteiger partial charge in [0.2, 0.25) is 17.7 Å². The lowest BCUT2D eigenvalue weighted by atomic mass is 9.93. The largest absolute Gasteiger partial charge is 0.383 e. The highest BCUT2D eigenvalue weighted by atomic mass is 16.6. The minimum atomic E-state index is -1.26. The average molecular weight is 572 g/mol. The maximum Gasteiger partial charge on any atom is 0.249 e. The molecule has 41 heavy (non-hydrogen) atoms. The molecule has 1 aromatic rings. The zero-order valence-corrected chi connectivity index (χ0v) is 25.3. The number of aliphatic hydroxyl groups is 1. The highest BCUT2D eigenvalue weighted by molar-refractivity contribution is 5.98. The van der Waals surface area contributed by atoms with E-state index in [1.54, 1.807) is 6.92 Å². The van der Waals surface area contributed by atoms with E-state index in [0.717, 1.165) is 18.4 Å². The van der Waals surface area contributed by atoms with Gasteiger partial charge in [-0.1, -0.05) is 70.9 Å². The Morgan fingerprint density at radius 3 is 2.00 bits per heavy atom. The van der Waals surface area contributed by atoms with Gasteiger partial charge in [-0.15, -0.1) is 0 Å². The van der Waals surface area contributed by atoms with Gasteiger partial charge >= 0.3 is 0 Å². The maximum absolute atomic E-state index is 13.5. The zero-order chi connectivity index (χ0) is 30.2. The van der Waals surface area contributed by atoms with Crippen molar-refractivity contribution in [2.24, 2.45) is 17.8 Å². The molecule has 5 atom stereocenters. The van der Waals surface area contributed by atoms with Gasteiger partial charge in [-0.25, -0.2) is 0 Å². The minimum absolute atomic E-state index is 0.150. The molecule has 0 radical (unpaired) electrons. The topological polar surface area (TPSA) is 137 Å². The average Bonchev–Trinajstić information content (AvgIpc) is 3.86. The fourth-order valence-electron chi connectivity index (χ4n) is 4.90. The molecule has 9 nitrogen and oxygen atoms in total. The van der Waals surface area contributed by atoms with E-state index in [4.69, 9.17) is 4.74 Å². The molecule has 0 aromatic heterocycles. The molecule has 4 N–H and O–H groups in total. The summed E-state index contributed by atoms with van der Waals surface area (Å²) in [6.07, 6.45) is 3.48. The van der Waals surface area contributed by atoms with Crippen LogP contribution in [0.2, 0.25) is 0 Å². The Labute approximate surface area is 244 Å². The lowest BCUT2D eigenvalue weighted by Gasteiger charge is -2.27. The first-order valence-electron chi connectivity index (χ1n) is 15.2. The monoisotopic (exact) mass is 571 g/mol. The molecule has 1 aliphatic carbocycles. The van der Waals surface area contributed by atoms with Crippen LogP contribution in [0, 0.1) is 17.8 Å². The molecule has 1 heterocycles. The highest BCUT2D eigenvalue weighted by Gasteiger charge is 2.50. The molecule has 3 rings (SSSR count). The molecule has 1 aromatic carbocycles. The first-order valence-corrected chi connectivity index (χ1v) is 15.2. The second kappa shape index (κ2) is 14.9. The number of amides is 3. The Bertz CT molecular complexity index is 1040. The van der Waals surface area contributed by atoms with Gasteiger partial charge in [-0.3, -0.25) is 19.2 Å². The zero-order valence-electron chi connectivity index (χ0n) is 25.3. The molecular weight excluding hydrogens is 522 g/mol. The summed E-state index contributed by atoms with van der Waals surface area (Å²) in [4.78, 5) is 52.9. The Balaban J connectivity index is 1.66. The summed E-state index contributed by atoms with van der Waals surface area (Å²) in [5, 5.41) is 19.0. The molecule has 0 bridgehead atoms. The molecule has 1 aliphatic heterocycles. The lowest BCUT2D eigenvalue weighted by Crippen LogP contribution is -2.57. The third-order valence-electron chi connectivity index (χ3n) is 7.86. The number of carbonyl (C=O) groups excluding carboxylic acids is 4. The molecule has 1 unspecified atom stereocenters. The van der Waals surface area contributed by atoms with Gasteiger partial charge in [0, 0.05) is 0 Å². The third kappa shape index (κ3) is 10.9. The molecule has 1 saturated heterocycles. The minimum Gasteiger partial charge on any atom is -0.383 e. The lowest BCUT2D eigenvalue weighted by molar-refractivity contribution is -0.136. The SMILES string of the molecule is CC(C)CC[C@H](NC(=O)[C@@H](O)CCc1ccccc1)C(=O)N[C@@H](CC1CC1)C(=O)NC(CC(C)C)C(=O)[C@@]1(C)CO1. The molecule has 9 heteroatoms. The number of ketones is 1. The number of aryl methyl sites for hydroxylation is 1. The number of Topliss-reactive ketones (excluding diaryl/α,β-unsaturated/α-hetero) is 1. The first-order chi connectivity index (χ1) is 19.4. The number of rotatable bonds is 18. The number of hydrogen-bond acceptors (Lipinski definition) is 6. The molecule has 2 aliphatic rings. The van der Waals surface area contributed by atoms with Crippen LogP contribution in [0.3, 0.4) is 0 Å². The molecule has 228 valence electrons. The summed E-state index contributed by atoms with van der Waals surface area (Å²) < 4.78 is 5.35. The van der Waals surface area contributed by atoms with Gasteiger partial charge < -0.3 is 25.8 Å². The number of ether oxygens (including phenoxy) is 1. The molecular formula is C32H49N3O6. The number of aliphatic hydroxyl groups excluding tert-OH is 1. The Kier molecular flexibility index (Phi) is 11.9. The van der Waals surface area contributed by atoms with Crippen molar-refractivity contribution in [3.05, 3.63) is 35.9 Å². The van der Waals surface area contributed by atoms with E-state index in [2.05, 4.69) is 16.0 Å². The van der Waals surface area contributed by atoms with Crippen molar-refractivity contribution in [1.29, 1.82) is 0 Å². The standard InChI is InChI=1S/C32H49N3O6/c1-20(2)11-15-24(33-31(40)27(36)16-14-22-9-7-6-8-10-22)29(38)35-26(18-23-12-13-23)30(39)34-25(17-21(3)4)28(37)32(5)19-41-32/h6-10,20-21,23-27,36H,11-19H2,1-5H3,(H,33,40)(H,34,39)(H,35,38)/t24-,25?,26-,27-,32+/m0/s1. The Hall–Kier alpha value is -2.78. The van der Waals surface area contributed by atoms with Crippen molar-refractivity contribution in [3.63, 3.8) is 0 Å². The van der Waals surface area contributed by atoms with Crippen LogP contribution >= 0.6 is 0 Å². The summed E-state index contributed by atoms with van der Waals surface area (Å²) in [6.45, 7) is 10.1. The number of epoxide rings is 1. The molecule has 3 amide bonds. The summed E-state index contributed by atoms with van der Waals surface area (Å²) in [5.41, 5.74) is 0.147. The first kappa shape index (κ1) is 32.7. The predicted octanol–water partition coefficient (Wildman–Crippen LogP) is 3.07. The second-order valence-corrected chi connectivity index (χ2v) is 12.9. The van der Waals surface area contributed by atoms with Gasteiger partial charge in [-0.05, 0) is 68.8 Å². The van der Waals surface area contributed by atoms with E-state index in [0.29, 0.717) is 50.5 Å². The fraction of sp³-hybridized carbons (Fsp3) is 0.688. The van der Waals surface area contributed by atoms with Crippen molar-refractivity contribution in [2.75, 3.05) is 6.61 Å². The van der Waals surface area contributed by atoms with E-state index < -0.39 is 47.6 Å². The normalized spacial score (nSPS) is 21.1. The molecule has 1 saturated carbocycles. The quantitative estimate of drug-likeness (QED) is 0.200. The fourth-order valence-corrected chi connectivity index (χ4v) is 4.90. The van der Waals surface area contributed by atoms with Crippen LogP contribution in [-0.4, -0.2) is 65.0 Å². The van der Waals surface area contributed by atoms with Crippen LogP contribution in [0.25, 0.3) is 0 Å². The van der Waals surface area contributed by atoms with Gasteiger partial charge in [0.15, 0.2) is 5.78 Å². The van der Waals surface area contributed by atoms with Crippen molar-refractivity contribution >= 4 is 23.5 Å². The number of hydrogen-bond donors (Lipinski definition) is 4. The summed E-state index contributed by atoms with van der Waals surface area (Å²) in [6, 6.07) is 7.17. The van der Waals surface area contributed by atoms with Crippen molar-refractivity contribution in [2.45, 2.75) is 116 Å². The van der Waals surface area contributed by atoms with Crippen molar-refractivity contribution in [1.82, 2.24) is 16.0 Å². The summed E-state index contributed by atoms with van der Waals surface area (Å²) in [7, 11) is 0. The Morgan fingerprint density at radius 2 is 1.44 bits per heavy atom. The molecule has 2 fully saturated rings.